The van der Waals surface area contributed by atoms with Crippen LogP contribution >= 0.6 is 0 Å². The molecule has 0 radical (unpaired) electrons. The van der Waals surface area contributed by atoms with Crippen LogP contribution in [-0.2, 0) is 14.8 Å². The lowest BCUT2D eigenvalue weighted by atomic mass is 10.4. The van der Waals surface area contributed by atoms with Crippen molar-refractivity contribution >= 4 is 27.3 Å². The number of carbonyl (C=O) groups excluding carboxylic acids is 1. The van der Waals surface area contributed by atoms with E-state index in [0.29, 0.717) is 11.3 Å². The highest BCUT2D eigenvalue weighted by molar-refractivity contribution is 7.92. The molecule has 0 aliphatic rings. The summed E-state index contributed by atoms with van der Waals surface area (Å²) in [4.78, 5) is 15.3. The highest BCUT2D eigenvalue weighted by Crippen LogP contribution is 2.13. The van der Waals surface area contributed by atoms with Crippen molar-refractivity contribution in [3.05, 3.63) is 30.2 Å². The summed E-state index contributed by atoms with van der Waals surface area (Å²) in [6.07, 6.45) is 4.05. The Bertz CT molecular complexity index is 705. The molecule has 18 heavy (non-hydrogen) atoms. The second-order valence-electron chi connectivity index (χ2n) is 3.68. The molecule has 2 aromatic rings. The summed E-state index contributed by atoms with van der Waals surface area (Å²) in [5, 5.41) is 0. The molecule has 0 saturated carbocycles. The van der Waals surface area contributed by atoms with E-state index in [4.69, 9.17) is 0 Å². The van der Waals surface area contributed by atoms with E-state index >= 15 is 0 Å². The van der Waals surface area contributed by atoms with Crippen molar-refractivity contribution in [1.82, 2.24) is 9.38 Å². The van der Waals surface area contributed by atoms with Crippen LogP contribution in [0.2, 0.25) is 0 Å². The molecule has 0 fully saturated rings. The molecular formula is C10H11N3O4S. The van der Waals surface area contributed by atoms with Gasteiger partial charge in [-0.15, -0.1) is 0 Å². The van der Waals surface area contributed by atoms with Gasteiger partial charge in [0.1, 0.15) is 5.65 Å². The number of pyridine rings is 1. The Hall–Kier alpha value is -2.09. The number of hydrogen-bond donors (Lipinski definition) is 1. The zero-order valence-corrected chi connectivity index (χ0v) is 10.6. The van der Waals surface area contributed by atoms with Gasteiger partial charge in [0.15, 0.2) is 5.69 Å². The van der Waals surface area contributed by atoms with Gasteiger partial charge in [-0.25, -0.2) is 18.2 Å². The molecule has 0 atom stereocenters. The first-order chi connectivity index (χ1) is 8.39. The number of sulfonamides is 1. The monoisotopic (exact) mass is 269 g/mol. The summed E-state index contributed by atoms with van der Waals surface area (Å²) >= 11 is 0. The van der Waals surface area contributed by atoms with Gasteiger partial charge in [0, 0.05) is 12.4 Å². The first-order valence-corrected chi connectivity index (χ1v) is 6.83. The number of methoxy groups -OCH3 is 1. The Labute approximate surface area is 103 Å². The molecule has 0 spiro atoms. The van der Waals surface area contributed by atoms with Crippen LogP contribution in [0.4, 0.5) is 5.69 Å². The lowest BCUT2D eigenvalue weighted by Crippen LogP contribution is -2.09. The molecule has 0 bridgehead atoms. The SMILES string of the molecule is COC(=O)c1cn2cc(NS(C)(=O)=O)ccc2n1. The lowest BCUT2D eigenvalue weighted by Gasteiger charge is -2.03. The zero-order chi connectivity index (χ0) is 13.3. The number of nitrogens with zero attached hydrogens (tertiary/aromatic N) is 2. The van der Waals surface area contributed by atoms with Crippen LogP contribution in [-0.4, -0.2) is 37.1 Å². The minimum absolute atomic E-state index is 0.161. The number of carbonyl (C=O) groups is 1. The molecule has 1 N–H and O–H groups in total. The molecule has 2 aromatic heterocycles. The summed E-state index contributed by atoms with van der Waals surface area (Å²) in [5.74, 6) is -0.545. The Morgan fingerprint density at radius 3 is 2.72 bits per heavy atom. The van der Waals surface area contributed by atoms with E-state index in [1.807, 2.05) is 0 Å². The highest BCUT2D eigenvalue weighted by Gasteiger charge is 2.11. The molecule has 2 heterocycles. The van der Waals surface area contributed by atoms with E-state index in [9.17, 15) is 13.2 Å². The lowest BCUT2D eigenvalue weighted by molar-refractivity contribution is 0.0595. The van der Waals surface area contributed by atoms with Crippen molar-refractivity contribution in [1.29, 1.82) is 0 Å². The third kappa shape index (κ3) is 2.59. The maximum Gasteiger partial charge on any atom is 0.358 e. The van der Waals surface area contributed by atoms with Crippen LogP contribution in [0.25, 0.3) is 5.65 Å². The molecule has 0 amide bonds. The smallest absolute Gasteiger partial charge is 0.358 e. The Morgan fingerprint density at radius 1 is 1.39 bits per heavy atom. The van der Waals surface area contributed by atoms with Crippen LogP contribution in [0.3, 0.4) is 0 Å². The van der Waals surface area contributed by atoms with Crippen molar-refractivity contribution in [3.8, 4) is 0 Å². The van der Waals surface area contributed by atoms with Gasteiger partial charge in [0.2, 0.25) is 10.0 Å². The molecular weight excluding hydrogens is 258 g/mol. The number of fused-ring (bicyclic) bond motifs is 1. The Morgan fingerprint density at radius 2 is 2.11 bits per heavy atom. The molecule has 0 aliphatic heterocycles. The van der Waals surface area contributed by atoms with Crippen LogP contribution in [0.15, 0.2) is 24.5 Å². The molecule has 7 nitrogen and oxygen atoms in total. The van der Waals surface area contributed by atoms with Gasteiger partial charge in [-0.1, -0.05) is 0 Å². The van der Waals surface area contributed by atoms with E-state index in [0.717, 1.165) is 6.26 Å². The van der Waals surface area contributed by atoms with E-state index in [1.165, 1.54) is 19.5 Å². The maximum atomic E-state index is 11.3. The Balaban J connectivity index is 2.42. The fraction of sp³-hybridized carbons (Fsp3) is 0.200. The third-order valence-corrected chi connectivity index (χ3v) is 2.76. The van der Waals surface area contributed by atoms with Crippen LogP contribution in [0.5, 0.6) is 0 Å². The summed E-state index contributed by atoms with van der Waals surface area (Å²) in [6, 6.07) is 3.16. The standard InChI is InChI=1S/C10H11N3O4S/c1-17-10(14)8-6-13-5-7(12-18(2,15)16)3-4-9(13)11-8/h3-6,12H,1-2H3. The van der Waals surface area contributed by atoms with Crippen LogP contribution < -0.4 is 4.72 Å². The molecule has 2 rings (SSSR count). The fourth-order valence-electron chi connectivity index (χ4n) is 1.47. The normalized spacial score (nSPS) is 11.4. The van der Waals surface area contributed by atoms with Gasteiger partial charge >= 0.3 is 5.97 Å². The quantitative estimate of drug-likeness (QED) is 0.819. The average molecular weight is 269 g/mol. The van der Waals surface area contributed by atoms with Gasteiger partial charge < -0.3 is 9.14 Å². The highest BCUT2D eigenvalue weighted by atomic mass is 32.2. The average Bonchev–Trinajstić information content (AvgIpc) is 2.68. The van der Waals surface area contributed by atoms with Gasteiger partial charge in [0.25, 0.3) is 0 Å². The minimum Gasteiger partial charge on any atom is -0.464 e. The van der Waals surface area contributed by atoms with Crippen molar-refractivity contribution in [2.75, 3.05) is 18.1 Å². The first-order valence-electron chi connectivity index (χ1n) is 4.94. The number of aromatic nitrogens is 2. The minimum atomic E-state index is -3.34. The topological polar surface area (TPSA) is 89.8 Å². The number of hydrogen-bond acceptors (Lipinski definition) is 5. The second-order valence-corrected chi connectivity index (χ2v) is 5.42. The number of anilines is 1. The number of esters is 1. The molecule has 0 unspecified atom stereocenters. The first kappa shape index (κ1) is 12.4. The predicted molar refractivity (Wildman–Crippen MR) is 65.0 cm³/mol. The van der Waals surface area contributed by atoms with E-state index in [2.05, 4.69) is 14.4 Å². The van der Waals surface area contributed by atoms with Gasteiger partial charge in [-0.05, 0) is 12.1 Å². The van der Waals surface area contributed by atoms with Crippen LogP contribution in [0.1, 0.15) is 10.5 Å². The molecule has 8 heteroatoms. The van der Waals surface area contributed by atoms with E-state index in [1.54, 1.807) is 16.5 Å². The summed E-state index contributed by atoms with van der Waals surface area (Å²) in [6.45, 7) is 0. The molecule has 0 aliphatic carbocycles. The van der Waals surface area contributed by atoms with Crippen molar-refractivity contribution in [3.63, 3.8) is 0 Å². The zero-order valence-electron chi connectivity index (χ0n) is 9.75. The van der Waals surface area contributed by atoms with Gasteiger partial charge in [0.05, 0.1) is 19.1 Å². The van der Waals surface area contributed by atoms with Crippen molar-refractivity contribution in [2.24, 2.45) is 0 Å². The summed E-state index contributed by atoms with van der Waals surface area (Å²) in [5.41, 5.74) is 1.07. The Kier molecular flexibility index (Phi) is 2.95. The second kappa shape index (κ2) is 4.30. The third-order valence-electron chi connectivity index (χ3n) is 2.15. The van der Waals surface area contributed by atoms with E-state index in [-0.39, 0.29) is 5.69 Å². The van der Waals surface area contributed by atoms with Crippen molar-refractivity contribution < 1.29 is 17.9 Å². The summed E-state index contributed by atoms with van der Waals surface area (Å²) < 4.78 is 30.6. The fourth-order valence-corrected chi connectivity index (χ4v) is 2.02. The number of rotatable bonds is 3. The number of nitrogens with one attached hydrogen (secondary N) is 1. The van der Waals surface area contributed by atoms with Crippen LogP contribution in [0, 0.1) is 0 Å². The largest absolute Gasteiger partial charge is 0.464 e. The predicted octanol–water partition coefficient (Wildman–Crippen LogP) is 0.492. The molecule has 96 valence electrons. The maximum absolute atomic E-state index is 11.3. The van der Waals surface area contributed by atoms with E-state index < -0.39 is 16.0 Å². The molecule has 0 saturated heterocycles. The van der Waals surface area contributed by atoms with Crippen molar-refractivity contribution in [2.45, 2.75) is 0 Å². The van der Waals surface area contributed by atoms with Gasteiger partial charge in [-0.2, -0.15) is 0 Å². The summed E-state index contributed by atoms with van der Waals surface area (Å²) in [7, 11) is -2.07. The number of imidazole rings is 1. The molecule has 0 aromatic carbocycles. The van der Waals surface area contributed by atoms with Gasteiger partial charge in [-0.3, -0.25) is 4.72 Å². The number of ether oxygens (including phenoxy) is 1.